The zero-order chi connectivity index (χ0) is 28.2. The van der Waals surface area contributed by atoms with Gasteiger partial charge in [0.15, 0.2) is 0 Å². The third-order valence-corrected chi connectivity index (χ3v) is 8.74. The largest absolute Gasteiger partial charge is 0.494 e. The minimum Gasteiger partial charge on any atom is -0.399 e. The van der Waals surface area contributed by atoms with Crippen LogP contribution in [0.5, 0.6) is 0 Å². The summed E-state index contributed by atoms with van der Waals surface area (Å²) in [5.74, 6) is 0. The molecule has 2 aliphatic rings. The van der Waals surface area contributed by atoms with Gasteiger partial charge >= 0.3 is 14.2 Å². The van der Waals surface area contributed by atoms with Crippen molar-refractivity contribution >= 4 is 48.3 Å². The van der Waals surface area contributed by atoms with Gasteiger partial charge in [0.2, 0.25) is 0 Å². The Morgan fingerprint density at radius 1 is 0.513 bits per heavy atom. The molecule has 2 heterocycles. The lowest BCUT2D eigenvalue weighted by atomic mass is 9.79. The Morgan fingerprint density at radius 3 is 1.08 bits per heavy atom. The smallest absolute Gasteiger partial charge is 0.399 e. The predicted molar refractivity (Wildman–Crippen MR) is 163 cm³/mol. The van der Waals surface area contributed by atoms with Crippen molar-refractivity contribution < 1.29 is 18.6 Å². The van der Waals surface area contributed by atoms with Crippen molar-refractivity contribution in [2.24, 2.45) is 0 Å². The molecule has 0 aromatic heterocycles. The van der Waals surface area contributed by atoms with Gasteiger partial charge in [-0.1, -0.05) is 49.1 Å². The first-order chi connectivity index (χ1) is 18.2. The second-order valence-corrected chi connectivity index (χ2v) is 12.5. The van der Waals surface area contributed by atoms with Crippen molar-refractivity contribution in [2.45, 2.75) is 77.8 Å². The quantitative estimate of drug-likeness (QED) is 0.350. The van der Waals surface area contributed by atoms with E-state index in [2.05, 4.69) is 140 Å². The molecule has 0 amide bonds. The van der Waals surface area contributed by atoms with Gasteiger partial charge in [0.25, 0.3) is 0 Å². The highest BCUT2D eigenvalue weighted by molar-refractivity contribution is 6.62. The van der Waals surface area contributed by atoms with Crippen LogP contribution in [0.4, 0.5) is 17.1 Å². The first kappa shape index (κ1) is 27.7. The molecule has 0 aliphatic carbocycles. The molecule has 2 aliphatic heterocycles. The Morgan fingerprint density at radius 2 is 0.795 bits per heavy atom. The summed E-state index contributed by atoms with van der Waals surface area (Å²) in [5, 5.41) is 0. The SMILES string of the molecule is C=Cc1ccc(N(c2ccc(B3OC(C)(C)C(C)(C)O3)cc2)c2ccc(B3OC(C)(C)C(C)(C)O3)cc2)cc1. The van der Waals surface area contributed by atoms with Gasteiger partial charge in [0, 0.05) is 17.1 Å². The van der Waals surface area contributed by atoms with Crippen LogP contribution in [0, 0.1) is 0 Å². The van der Waals surface area contributed by atoms with Gasteiger partial charge in [-0.2, -0.15) is 0 Å². The summed E-state index contributed by atoms with van der Waals surface area (Å²) in [6.07, 6.45) is 1.85. The van der Waals surface area contributed by atoms with Crippen LogP contribution in [-0.2, 0) is 18.6 Å². The molecule has 0 saturated carbocycles. The van der Waals surface area contributed by atoms with E-state index in [4.69, 9.17) is 18.6 Å². The Kier molecular flexibility index (Phi) is 6.87. The van der Waals surface area contributed by atoms with Gasteiger partial charge in [0.1, 0.15) is 0 Å². The lowest BCUT2D eigenvalue weighted by Gasteiger charge is -2.32. The van der Waals surface area contributed by atoms with Crippen LogP contribution in [0.3, 0.4) is 0 Å². The molecule has 0 unspecified atom stereocenters. The first-order valence-corrected chi connectivity index (χ1v) is 13.7. The van der Waals surface area contributed by atoms with Crippen LogP contribution >= 0.6 is 0 Å². The van der Waals surface area contributed by atoms with Crippen LogP contribution in [-0.4, -0.2) is 36.6 Å². The Balaban J connectivity index is 1.46. The molecule has 7 heteroatoms. The molecule has 2 fully saturated rings. The lowest BCUT2D eigenvalue weighted by Crippen LogP contribution is -2.41. The number of anilines is 3. The Bertz CT molecular complexity index is 1220. The molecule has 3 aromatic rings. The highest BCUT2D eigenvalue weighted by Gasteiger charge is 2.52. The molecule has 5 rings (SSSR count). The topological polar surface area (TPSA) is 40.2 Å². The van der Waals surface area contributed by atoms with Gasteiger partial charge in [-0.15, -0.1) is 0 Å². The molecular formula is C32H39B2NO4. The zero-order valence-electron chi connectivity index (χ0n) is 24.4. The molecule has 0 radical (unpaired) electrons. The van der Waals surface area contributed by atoms with Crippen molar-refractivity contribution in [3.8, 4) is 0 Å². The molecule has 3 aromatic carbocycles. The molecule has 2 saturated heterocycles. The predicted octanol–water partition coefficient (Wildman–Crippen LogP) is 6.40. The first-order valence-electron chi connectivity index (χ1n) is 13.7. The fraction of sp³-hybridized carbons (Fsp3) is 0.375. The van der Waals surface area contributed by atoms with Crippen LogP contribution < -0.4 is 15.8 Å². The number of rotatable bonds is 6. The third kappa shape index (κ3) is 5.09. The molecule has 5 nitrogen and oxygen atoms in total. The highest BCUT2D eigenvalue weighted by Crippen LogP contribution is 2.39. The highest BCUT2D eigenvalue weighted by atomic mass is 16.7. The minimum absolute atomic E-state index is 0.381. The van der Waals surface area contributed by atoms with E-state index < -0.39 is 14.2 Å². The summed E-state index contributed by atoms with van der Waals surface area (Å²) in [6.45, 7) is 20.5. The fourth-order valence-corrected chi connectivity index (χ4v) is 4.73. The second-order valence-electron chi connectivity index (χ2n) is 12.5. The van der Waals surface area contributed by atoms with Crippen molar-refractivity contribution in [3.63, 3.8) is 0 Å². The maximum Gasteiger partial charge on any atom is 0.494 e. The van der Waals surface area contributed by atoms with E-state index in [0.29, 0.717) is 0 Å². The van der Waals surface area contributed by atoms with Gasteiger partial charge in [-0.05, 0) is 108 Å². The monoisotopic (exact) mass is 523 g/mol. The third-order valence-electron chi connectivity index (χ3n) is 8.74. The average Bonchev–Trinajstić information content (AvgIpc) is 3.25. The van der Waals surface area contributed by atoms with E-state index in [-0.39, 0.29) is 22.4 Å². The summed E-state index contributed by atoms with van der Waals surface area (Å²) in [7, 11) is -0.799. The number of nitrogens with zero attached hydrogens (tertiary/aromatic N) is 1. The average molecular weight is 523 g/mol. The van der Waals surface area contributed by atoms with Gasteiger partial charge in [-0.25, -0.2) is 0 Å². The molecule has 39 heavy (non-hydrogen) atoms. The van der Waals surface area contributed by atoms with E-state index >= 15 is 0 Å². The Labute approximate surface area is 234 Å². The summed E-state index contributed by atoms with van der Waals surface area (Å²) in [4.78, 5) is 2.23. The normalized spacial score (nSPS) is 20.7. The summed E-state index contributed by atoms with van der Waals surface area (Å²) in [6, 6.07) is 25.2. The molecule has 0 atom stereocenters. The van der Waals surface area contributed by atoms with Crippen molar-refractivity contribution in [2.75, 3.05) is 4.90 Å². The maximum atomic E-state index is 6.27. The van der Waals surface area contributed by atoms with Crippen LogP contribution in [0.25, 0.3) is 6.08 Å². The summed E-state index contributed by atoms with van der Waals surface area (Å²) < 4.78 is 25.1. The lowest BCUT2D eigenvalue weighted by molar-refractivity contribution is 0.00578. The summed E-state index contributed by atoms with van der Waals surface area (Å²) >= 11 is 0. The van der Waals surface area contributed by atoms with E-state index in [0.717, 1.165) is 33.6 Å². The fourth-order valence-electron chi connectivity index (χ4n) is 4.73. The number of benzene rings is 3. The second kappa shape index (κ2) is 9.67. The van der Waals surface area contributed by atoms with Crippen molar-refractivity contribution in [1.82, 2.24) is 0 Å². The standard InChI is InChI=1S/C32H39B2NO4/c1-10-23-11-17-26(18-12-23)35(27-19-13-24(14-20-27)33-36-29(2,3)30(4,5)37-33)28-21-15-25(16-22-28)34-38-31(6,7)32(8,9)39-34/h10-22H,1H2,2-9H3. The molecule has 202 valence electrons. The van der Waals surface area contributed by atoms with E-state index in [9.17, 15) is 0 Å². The zero-order valence-corrected chi connectivity index (χ0v) is 24.4. The van der Waals surface area contributed by atoms with E-state index in [1.54, 1.807) is 0 Å². The van der Waals surface area contributed by atoms with Crippen LogP contribution in [0.2, 0.25) is 0 Å². The van der Waals surface area contributed by atoms with E-state index in [1.807, 2.05) is 6.08 Å². The van der Waals surface area contributed by atoms with Crippen LogP contribution in [0.1, 0.15) is 61.0 Å². The molecule has 0 N–H and O–H groups in total. The minimum atomic E-state index is -0.399. The molecule has 0 spiro atoms. The number of hydrogen-bond acceptors (Lipinski definition) is 5. The maximum absolute atomic E-state index is 6.27. The van der Waals surface area contributed by atoms with Crippen LogP contribution in [0.15, 0.2) is 79.4 Å². The Hall–Kier alpha value is -2.83. The van der Waals surface area contributed by atoms with Gasteiger partial charge < -0.3 is 23.5 Å². The van der Waals surface area contributed by atoms with E-state index in [1.165, 1.54) is 0 Å². The van der Waals surface area contributed by atoms with Gasteiger partial charge in [0.05, 0.1) is 22.4 Å². The van der Waals surface area contributed by atoms with Gasteiger partial charge in [-0.3, -0.25) is 0 Å². The van der Waals surface area contributed by atoms with Crippen molar-refractivity contribution in [1.29, 1.82) is 0 Å². The summed E-state index contributed by atoms with van der Waals surface area (Å²) in [5.41, 5.74) is 4.66. The molecule has 0 bridgehead atoms. The molecular weight excluding hydrogens is 484 g/mol. The van der Waals surface area contributed by atoms with Crippen molar-refractivity contribution in [3.05, 3.63) is 84.9 Å². The number of hydrogen-bond donors (Lipinski definition) is 0.